The van der Waals surface area contributed by atoms with Crippen molar-refractivity contribution < 1.29 is 9.53 Å². The fourth-order valence-electron chi connectivity index (χ4n) is 3.98. The molecule has 152 valence electrons. The molecular formula is C23H27N3O2S. The monoisotopic (exact) mass is 409 g/mol. The first-order chi connectivity index (χ1) is 14.2. The zero-order valence-electron chi connectivity index (χ0n) is 16.8. The highest BCUT2D eigenvalue weighted by Crippen LogP contribution is 2.35. The Bertz CT molecular complexity index is 938. The van der Waals surface area contributed by atoms with Crippen molar-refractivity contribution in [2.24, 2.45) is 0 Å². The largest absolute Gasteiger partial charge is 0.496 e. The highest BCUT2D eigenvalue weighted by atomic mass is 32.1. The van der Waals surface area contributed by atoms with E-state index >= 15 is 0 Å². The third-order valence-corrected chi connectivity index (χ3v) is 6.60. The highest BCUT2D eigenvalue weighted by Gasteiger charge is 2.28. The summed E-state index contributed by atoms with van der Waals surface area (Å²) in [7, 11) is 1.68. The van der Waals surface area contributed by atoms with Crippen LogP contribution in [0.15, 0.2) is 48.5 Å². The predicted molar refractivity (Wildman–Crippen MR) is 117 cm³/mol. The molecule has 1 aromatic heterocycles. The van der Waals surface area contributed by atoms with Gasteiger partial charge in [0.25, 0.3) is 0 Å². The average Bonchev–Trinajstić information content (AvgIpc) is 3.18. The number of nitrogens with zero attached hydrogens (tertiary/aromatic N) is 2. The number of rotatable bonds is 7. The SMILES string of the molecule is COc1ccccc1CCNC(=O)CN1CCCC[C@H]1c1nc2ccccc2s1. The van der Waals surface area contributed by atoms with Crippen LogP contribution in [0.3, 0.4) is 0 Å². The Balaban J connectivity index is 1.35. The van der Waals surface area contributed by atoms with E-state index in [1.165, 1.54) is 11.1 Å². The van der Waals surface area contributed by atoms with E-state index in [4.69, 9.17) is 9.72 Å². The Labute approximate surface area is 175 Å². The molecule has 1 aliphatic heterocycles. The van der Waals surface area contributed by atoms with Gasteiger partial charge < -0.3 is 10.1 Å². The van der Waals surface area contributed by atoms with Crippen LogP contribution in [0.5, 0.6) is 5.75 Å². The lowest BCUT2D eigenvalue weighted by atomic mass is 10.0. The fourth-order valence-corrected chi connectivity index (χ4v) is 5.12. The van der Waals surface area contributed by atoms with E-state index < -0.39 is 0 Å². The van der Waals surface area contributed by atoms with E-state index in [1.807, 2.05) is 30.3 Å². The van der Waals surface area contributed by atoms with Crippen LogP contribution in [-0.2, 0) is 11.2 Å². The second kappa shape index (κ2) is 9.37. The van der Waals surface area contributed by atoms with Gasteiger partial charge in [0.05, 0.1) is 29.9 Å². The molecule has 1 amide bonds. The highest BCUT2D eigenvalue weighted by molar-refractivity contribution is 7.18. The molecule has 1 saturated heterocycles. The van der Waals surface area contributed by atoms with E-state index in [-0.39, 0.29) is 11.9 Å². The van der Waals surface area contributed by atoms with Crippen LogP contribution in [-0.4, -0.2) is 42.5 Å². The fraction of sp³-hybridized carbons (Fsp3) is 0.391. The molecule has 0 radical (unpaired) electrons. The first-order valence-electron chi connectivity index (χ1n) is 10.2. The van der Waals surface area contributed by atoms with Crippen LogP contribution in [0.2, 0.25) is 0 Å². The molecule has 2 aromatic carbocycles. The van der Waals surface area contributed by atoms with Gasteiger partial charge in [-0.1, -0.05) is 36.8 Å². The zero-order valence-corrected chi connectivity index (χ0v) is 17.6. The second-order valence-electron chi connectivity index (χ2n) is 7.41. The molecule has 4 rings (SSSR count). The van der Waals surface area contributed by atoms with Crippen LogP contribution >= 0.6 is 11.3 Å². The standard InChI is InChI=1S/C23H27N3O2S/c1-28-20-11-4-2-8-17(20)13-14-24-22(27)16-26-15-7-6-10-19(26)23-25-18-9-3-5-12-21(18)29-23/h2-5,8-9,11-12,19H,6-7,10,13-16H2,1H3,(H,24,27)/t19-/m0/s1. The minimum Gasteiger partial charge on any atom is -0.496 e. The number of carbonyl (C=O) groups is 1. The summed E-state index contributed by atoms with van der Waals surface area (Å²) in [5.41, 5.74) is 2.17. The number of piperidine rings is 1. The van der Waals surface area contributed by atoms with Crippen LogP contribution in [0, 0.1) is 0 Å². The number of carbonyl (C=O) groups excluding carboxylic acids is 1. The molecule has 1 atom stereocenters. The van der Waals surface area contributed by atoms with Crippen molar-refractivity contribution in [3.8, 4) is 5.75 Å². The van der Waals surface area contributed by atoms with Gasteiger partial charge in [-0.3, -0.25) is 9.69 Å². The lowest BCUT2D eigenvalue weighted by molar-refractivity contribution is -0.123. The number of thiazole rings is 1. The molecule has 2 heterocycles. The number of hydrogen-bond donors (Lipinski definition) is 1. The molecule has 6 heteroatoms. The normalized spacial score (nSPS) is 17.3. The summed E-state index contributed by atoms with van der Waals surface area (Å²) in [6.45, 7) is 1.98. The molecule has 1 aliphatic rings. The number of hydrogen-bond acceptors (Lipinski definition) is 5. The van der Waals surface area contributed by atoms with Gasteiger partial charge in [-0.25, -0.2) is 4.98 Å². The first kappa shape index (κ1) is 19.9. The summed E-state index contributed by atoms with van der Waals surface area (Å²) in [5, 5.41) is 4.21. The quantitative estimate of drug-likeness (QED) is 0.636. The minimum absolute atomic E-state index is 0.0768. The molecule has 29 heavy (non-hydrogen) atoms. The number of likely N-dealkylation sites (tertiary alicyclic amines) is 1. The molecule has 0 aliphatic carbocycles. The molecule has 5 nitrogen and oxygen atoms in total. The number of fused-ring (bicyclic) bond motifs is 1. The van der Waals surface area contributed by atoms with Crippen molar-refractivity contribution in [3.05, 3.63) is 59.1 Å². The van der Waals surface area contributed by atoms with Gasteiger partial charge in [0.1, 0.15) is 10.8 Å². The summed E-state index contributed by atoms with van der Waals surface area (Å²) in [6.07, 6.45) is 4.15. The van der Waals surface area contributed by atoms with Crippen molar-refractivity contribution in [1.29, 1.82) is 0 Å². The number of amides is 1. The molecule has 0 unspecified atom stereocenters. The lowest BCUT2D eigenvalue weighted by Gasteiger charge is -2.33. The number of para-hydroxylation sites is 2. The average molecular weight is 410 g/mol. The van der Waals surface area contributed by atoms with Gasteiger partial charge in [0.2, 0.25) is 5.91 Å². The topological polar surface area (TPSA) is 54.5 Å². The Morgan fingerprint density at radius 1 is 1.21 bits per heavy atom. The molecule has 1 fully saturated rings. The van der Waals surface area contributed by atoms with E-state index in [9.17, 15) is 4.79 Å². The van der Waals surface area contributed by atoms with Gasteiger partial charge in [-0.05, 0) is 49.6 Å². The van der Waals surface area contributed by atoms with Crippen molar-refractivity contribution in [3.63, 3.8) is 0 Å². The lowest BCUT2D eigenvalue weighted by Crippen LogP contribution is -2.42. The van der Waals surface area contributed by atoms with Gasteiger partial charge >= 0.3 is 0 Å². The maximum Gasteiger partial charge on any atom is 0.234 e. The Morgan fingerprint density at radius 2 is 2.03 bits per heavy atom. The Kier molecular flexibility index (Phi) is 6.42. The van der Waals surface area contributed by atoms with Crippen molar-refractivity contribution in [2.75, 3.05) is 26.7 Å². The summed E-state index contributed by atoms with van der Waals surface area (Å²) < 4.78 is 6.60. The number of aromatic nitrogens is 1. The maximum absolute atomic E-state index is 12.6. The van der Waals surface area contributed by atoms with Gasteiger partial charge in [-0.15, -0.1) is 11.3 Å². The Morgan fingerprint density at radius 3 is 2.90 bits per heavy atom. The van der Waals surface area contributed by atoms with Gasteiger partial charge in [0.15, 0.2) is 0 Å². The maximum atomic E-state index is 12.6. The third-order valence-electron chi connectivity index (χ3n) is 5.46. The van der Waals surface area contributed by atoms with Crippen LogP contribution in [0.4, 0.5) is 0 Å². The van der Waals surface area contributed by atoms with Gasteiger partial charge in [-0.2, -0.15) is 0 Å². The van der Waals surface area contributed by atoms with Crippen molar-refractivity contribution in [2.45, 2.75) is 31.7 Å². The van der Waals surface area contributed by atoms with E-state index in [0.29, 0.717) is 13.1 Å². The summed E-state index contributed by atoms with van der Waals surface area (Å²) in [6, 6.07) is 16.4. The molecule has 0 saturated carbocycles. The molecule has 3 aromatic rings. The van der Waals surface area contributed by atoms with Crippen LogP contribution < -0.4 is 10.1 Å². The molecule has 0 bridgehead atoms. The number of ether oxygens (including phenoxy) is 1. The van der Waals surface area contributed by atoms with Crippen molar-refractivity contribution >= 4 is 27.5 Å². The van der Waals surface area contributed by atoms with E-state index in [1.54, 1.807) is 18.4 Å². The Hall–Kier alpha value is -2.44. The smallest absolute Gasteiger partial charge is 0.234 e. The van der Waals surface area contributed by atoms with E-state index in [0.717, 1.165) is 47.6 Å². The van der Waals surface area contributed by atoms with Crippen molar-refractivity contribution in [1.82, 2.24) is 15.2 Å². The molecule has 1 N–H and O–H groups in total. The first-order valence-corrected chi connectivity index (χ1v) is 11.0. The van der Waals surface area contributed by atoms with Crippen LogP contribution in [0.1, 0.15) is 35.9 Å². The minimum atomic E-state index is 0.0768. The summed E-state index contributed by atoms with van der Waals surface area (Å²) >= 11 is 1.76. The summed E-state index contributed by atoms with van der Waals surface area (Å²) in [4.78, 5) is 19.7. The van der Waals surface area contributed by atoms with Gasteiger partial charge in [0, 0.05) is 6.54 Å². The third kappa shape index (κ3) is 4.77. The predicted octanol–water partition coefficient (Wildman–Crippen LogP) is 4.19. The molecular weight excluding hydrogens is 382 g/mol. The number of nitrogens with one attached hydrogen (secondary N) is 1. The van der Waals surface area contributed by atoms with Crippen LogP contribution in [0.25, 0.3) is 10.2 Å². The zero-order chi connectivity index (χ0) is 20.1. The second-order valence-corrected chi connectivity index (χ2v) is 8.48. The van der Waals surface area contributed by atoms with E-state index in [2.05, 4.69) is 28.4 Å². The molecule has 0 spiro atoms. The summed E-state index contributed by atoms with van der Waals surface area (Å²) in [5.74, 6) is 0.946. The number of methoxy groups -OCH3 is 1. The number of benzene rings is 2.